The molecule has 136 valence electrons. The highest BCUT2D eigenvalue weighted by atomic mass is 79.9. The van der Waals surface area contributed by atoms with Crippen LogP contribution in [0.25, 0.3) is 10.9 Å². The molecule has 0 saturated heterocycles. The van der Waals surface area contributed by atoms with Gasteiger partial charge in [0.05, 0.1) is 13.2 Å². The Bertz CT molecular complexity index is 919. The van der Waals surface area contributed by atoms with Crippen LogP contribution in [0.3, 0.4) is 0 Å². The SMILES string of the molecule is COc1ccc([C@@H](O)CNC(=O)Cn2c(C)c(Br)c3ccccc32)cc1. The van der Waals surface area contributed by atoms with Crippen LogP contribution < -0.4 is 10.1 Å². The number of carbonyl (C=O) groups is 1. The van der Waals surface area contributed by atoms with Crippen molar-refractivity contribution in [2.24, 2.45) is 0 Å². The highest BCUT2D eigenvalue weighted by Gasteiger charge is 2.15. The largest absolute Gasteiger partial charge is 0.497 e. The average molecular weight is 417 g/mol. The van der Waals surface area contributed by atoms with Crippen molar-refractivity contribution in [3.05, 3.63) is 64.3 Å². The minimum absolute atomic E-state index is 0.145. The number of hydrogen-bond donors (Lipinski definition) is 2. The molecule has 2 N–H and O–H groups in total. The molecule has 1 atom stereocenters. The third-order valence-electron chi connectivity index (χ3n) is 4.45. The Morgan fingerprint density at radius 2 is 1.92 bits per heavy atom. The smallest absolute Gasteiger partial charge is 0.240 e. The lowest BCUT2D eigenvalue weighted by atomic mass is 10.1. The number of nitrogens with one attached hydrogen (secondary N) is 1. The quantitative estimate of drug-likeness (QED) is 0.645. The molecule has 0 unspecified atom stereocenters. The lowest BCUT2D eigenvalue weighted by Crippen LogP contribution is -2.31. The molecule has 2 aromatic carbocycles. The first-order valence-electron chi connectivity index (χ1n) is 8.33. The van der Waals surface area contributed by atoms with Crippen molar-refractivity contribution in [1.82, 2.24) is 9.88 Å². The second kappa shape index (κ2) is 7.93. The first kappa shape index (κ1) is 18.5. The van der Waals surface area contributed by atoms with Gasteiger partial charge in [-0.25, -0.2) is 0 Å². The zero-order valence-electron chi connectivity index (χ0n) is 14.7. The van der Waals surface area contributed by atoms with Crippen molar-refractivity contribution in [2.45, 2.75) is 19.6 Å². The molecule has 5 nitrogen and oxygen atoms in total. The van der Waals surface area contributed by atoms with E-state index in [0.29, 0.717) is 0 Å². The van der Waals surface area contributed by atoms with Crippen molar-refractivity contribution in [1.29, 1.82) is 0 Å². The number of aromatic nitrogens is 1. The molecule has 0 spiro atoms. The van der Waals surface area contributed by atoms with Crippen molar-refractivity contribution in [3.63, 3.8) is 0 Å². The van der Waals surface area contributed by atoms with Crippen molar-refractivity contribution < 1.29 is 14.6 Å². The number of methoxy groups -OCH3 is 1. The fourth-order valence-corrected chi connectivity index (χ4v) is 3.50. The Morgan fingerprint density at radius 1 is 1.23 bits per heavy atom. The topological polar surface area (TPSA) is 63.5 Å². The van der Waals surface area contributed by atoms with E-state index in [0.717, 1.165) is 32.4 Å². The van der Waals surface area contributed by atoms with Crippen LogP contribution in [0, 0.1) is 6.92 Å². The number of para-hydroxylation sites is 1. The van der Waals surface area contributed by atoms with E-state index >= 15 is 0 Å². The first-order valence-corrected chi connectivity index (χ1v) is 9.12. The van der Waals surface area contributed by atoms with E-state index in [2.05, 4.69) is 21.2 Å². The van der Waals surface area contributed by atoms with Crippen molar-refractivity contribution in [3.8, 4) is 5.75 Å². The highest BCUT2D eigenvalue weighted by molar-refractivity contribution is 9.10. The average Bonchev–Trinajstić information content (AvgIpc) is 2.91. The molecule has 0 fully saturated rings. The summed E-state index contributed by atoms with van der Waals surface area (Å²) in [5.41, 5.74) is 2.73. The molecule has 3 aromatic rings. The minimum Gasteiger partial charge on any atom is -0.497 e. The monoisotopic (exact) mass is 416 g/mol. The molecule has 26 heavy (non-hydrogen) atoms. The molecule has 1 heterocycles. The van der Waals surface area contributed by atoms with E-state index in [1.54, 1.807) is 31.4 Å². The summed E-state index contributed by atoms with van der Waals surface area (Å²) in [6, 6.07) is 15.1. The predicted molar refractivity (Wildman–Crippen MR) is 105 cm³/mol. The maximum absolute atomic E-state index is 12.4. The summed E-state index contributed by atoms with van der Waals surface area (Å²) in [4.78, 5) is 12.4. The second-order valence-corrected chi connectivity index (χ2v) is 6.89. The van der Waals surface area contributed by atoms with E-state index in [4.69, 9.17) is 4.74 Å². The molecule has 1 aromatic heterocycles. The lowest BCUT2D eigenvalue weighted by Gasteiger charge is -2.14. The van der Waals surface area contributed by atoms with Gasteiger partial charge in [-0.3, -0.25) is 4.79 Å². The Labute approximate surface area is 160 Å². The molecule has 6 heteroatoms. The summed E-state index contributed by atoms with van der Waals surface area (Å²) in [6.45, 7) is 2.33. The number of aliphatic hydroxyl groups is 1. The van der Waals surface area contributed by atoms with Crippen LogP contribution in [-0.2, 0) is 11.3 Å². The molecule has 1 amide bonds. The number of nitrogens with zero attached hydrogens (tertiary/aromatic N) is 1. The molecule has 0 aliphatic carbocycles. The summed E-state index contributed by atoms with van der Waals surface area (Å²) in [6.07, 6.45) is -0.765. The van der Waals surface area contributed by atoms with E-state index in [1.807, 2.05) is 35.8 Å². The molecule has 0 aliphatic heterocycles. The first-order chi connectivity index (χ1) is 12.5. The van der Waals surface area contributed by atoms with E-state index in [-0.39, 0.29) is 19.0 Å². The molecule has 0 saturated carbocycles. The zero-order chi connectivity index (χ0) is 18.7. The number of hydrogen-bond acceptors (Lipinski definition) is 3. The molecular formula is C20H21BrN2O3. The van der Waals surface area contributed by atoms with Gasteiger partial charge >= 0.3 is 0 Å². The molecule has 0 bridgehead atoms. The molecule has 3 rings (SSSR count). The molecule has 0 radical (unpaired) electrons. The van der Waals surface area contributed by atoms with Crippen LogP contribution in [-0.4, -0.2) is 29.2 Å². The van der Waals surface area contributed by atoms with Crippen LogP contribution in [0.15, 0.2) is 53.0 Å². The van der Waals surface area contributed by atoms with Crippen molar-refractivity contribution >= 4 is 32.7 Å². The lowest BCUT2D eigenvalue weighted by molar-refractivity contribution is -0.122. The van der Waals surface area contributed by atoms with Gasteiger partial charge in [-0.05, 0) is 46.6 Å². The van der Waals surface area contributed by atoms with Gasteiger partial charge in [0.25, 0.3) is 0 Å². The van der Waals surface area contributed by atoms with Gasteiger partial charge in [-0.2, -0.15) is 0 Å². The number of benzene rings is 2. The van der Waals surface area contributed by atoms with Crippen LogP contribution >= 0.6 is 15.9 Å². The Hall–Kier alpha value is -2.31. The third kappa shape index (κ3) is 3.76. The summed E-state index contributed by atoms with van der Waals surface area (Å²) in [7, 11) is 1.59. The van der Waals surface area contributed by atoms with E-state index in [9.17, 15) is 9.90 Å². The van der Waals surface area contributed by atoms with Crippen LogP contribution in [0.2, 0.25) is 0 Å². The standard InChI is InChI=1S/C20H21BrN2O3/c1-13-20(21)16-5-3-4-6-17(16)23(13)12-19(25)22-11-18(24)14-7-9-15(26-2)10-8-14/h3-10,18,24H,11-12H2,1-2H3,(H,22,25)/t18-/m0/s1. The fourth-order valence-electron chi connectivity index (χ4n) is 2.95. The van der Waals surface area contributed by atoms with Crippen LogP contribution in [0.4, 0.5) is 0 Å². The number of fused-ring (bicyclic) bond motifs is 1. The zero-order valence-corrected chi connectivity index (χ0v) is 16.3. The van der Waals surface area contributed by atoms with Gasteiger partial charge in [0.1, 0.15) is 12.3 Å². The Balaban J connectivity index is 1.65. The molecular weight excluding hydrogens is 396 g/mol. The highest BCUT2D eigenvalue weighted by Crippen LogP contribution is 2.30. The Morgan fingerprint density at radius 3 is 2.62 bits per heavy atom. The van der Waals surface area contributed by atoms with Gasteiger partial charge in [0.15, 0.2) is 0 Å². The van der Waals surface area contributed by atoms with Gasteiger partial charge in [0, 0.05) is 27.6 Å². The summed E-state index contributed by atoms with van der Waals surface area (Å²) in [5, 5.41) is 14.1. The predicted octanol–water partition coefficient (Wildman–Crippen LogP) is 3.57. The van der Waals surface area contributed by atoms with Gasteiger partial charge in [-0.15, -0.1) is 0 Å². The summed E-state index contributed by atoms with van der Waals surface area (Å²) in [5.74, 6) is 0.583. The maximum atomic E-state index is 12.4. The third-order valence-corrected chi connectivity index (χ3v) is 5.45. The van der Waals surface area contributed by atoms with Gasteiger partial charge in [0.2, 0.25) is 5.91 Å². The number of carbonyl (C=O) groups excluding carboxylic acids is 1. The van der Waals surface area contributed by atoms with Gasteiger partial charge < -0.3 is 19.7 Å². The summed E-state index contributed by atoms with van der Waals surface area (Å²) >= 11 is 3.59. The number of aliphatic hydroxyl groups excluding tert-OH is 1. The molecule has 0 aliphatic rings. The Kier molecular flexibility index (Phi) is 5.64. The second-order valence-electron chi connectivity index (χ2n) is 6.10. The number of amides is 1. The summed E-state index contributed by atoms with van der Waals surface area (Å²) < 4.78 is 8.07. The minimum atomic E-state index is -0.765. The number of rotatable bonds is 6. The number of ether oxygens (including phenoxy) is 1. The normalized spacial score (nSPS) is 12.2. The fraction of sp³-hybridized carbons (Fsp3) is 0.250. The van der Waals surface area contributed by atoms with Gasteiger partial charge in [-0.1, -0.05) is 30.3 Å². The van der Waals surface area contributed by atoms with Crippen molar-refractivity contribution in [2.75, 3.05) is 13.7 Å². The number of halogens is 1. The maximum Gasteiger partial charge on any atom is 0.240 e. The van der Waals surface area contributed by atoms with E-state index in [1.165, 1.54) is 0 Å². The van der Waals surface area contributed by atoms with E-state index < -0.39 is 6.10 Å². The van der Waals surface area contributed by atoms with Crippen LogP contribution in [0.1, 0.15) is 17.4 Å². The van der Waals surface area contributed by atoms with Crippen LogP contribution in [0.5, 0.6) is 5.75 Å².